The number of carbonyl (C=O) groups is 1. The third-order valence-corrected chi connectivity index (χ3v) is 8.38. The van der Waals surface area contributed by atoms with Crippen molar-refractivity contribution in [2.75, 3.05) is 54.5 Å². The van der Waals surface area contributed by atoms with Crippen molar-refractivity contribution in [3.8, 4) is 5.75 Å². The summed E-state index contributed by atoms with van der Waals surface area (Å²) in [5, 5.41) is 8.68. The molecule has 232 valence electrons. The molecule has 2 heterocycles. The molecule has 0 aliphatic carbocycles. The number of nitrogens with one attached hydrogen (secondary N) is 3. The summed E-state index contributed by atoms with van der Waals surface area (Å²) < 4.78 is 21.3. The minimum Gasteiger partial charge on any atom is -0.493 e. The molecule has 1 saturated heterocycles. The monoisotopic (exact) mass is 643 g/mol. The molecular weight excluding hydrogens is 610 g/mol. The van der Waals surface area contributed by atoms with E-state index in [2.05, 4.69) is 66.6 Å². The number of thiocarbonyl (C=S) groups is 1. The van der Waals surface area contributed by atoms with Gasteiger partial charge in [-0.15, -0.1) is 0 Å². The Bertz CT molecular complexity index is 1600. The van der Waals surface area contributed by atoms with E-state index < -0.39 is 5.82 Å². The molecule has 1 aliphatic heterocycles. The van der Waals surface area contributed by atoms with E-state index in [1.54, 1.807) is 36.0 Å². The van der Waals surface area contributed by atoms with Crippen LogP contribution in [0.25, 0.3) is 0 Å². The second-order valence-electron chi connectivity index (χ2n) is 10.2. The number of hydrogen-bond donors (Lipinski definition) is 3. The number of hydrogen-bond acceptors (Lipinski definition) is 9. The lowest BCUT2D eigenvalue weighted by atomic mass is 10.2. The lowest BCUT2D eigenvalue weighted by Gasteiger charge is -2.35. The number of halogens is 1. The van der Waals surface area contributed by atoms with Crippen molar-refractivity contribution in [1.29, 1.82) is 0 Å². The topological polar surface area (TPSA) is 94.6 Å². The summed E-state index contributed by atoms with van der Waals surface area (Å²) in [6.07, 6.45) is 2.26. The van der Waals surface area contributed by atoms with Gasteiger partial charge in [-0.2, -0.15) is 4.98 Å². The predicted octanol–water partition coefficient (Wildman–Crippen LogP) is 6.44. The molecule has 12 heteroatoms. The lowest BCUT2D eigenvalue weighted by molar-refractivity contribution is -0.111. The number of carbonyl (C=O) groups excluding carboxylic acids is 1. The molecule has 1 aliphatic rings. The van der Waals surface area contributed by atoms with E-state index in [4.69, 9.17) is 17.0 Å². The van der Waals surface area contributed by atoms with Gasteiger partial charge < -0.3 is 25.6 Å². The van der Waals surface area contributed by atoms with E-state index in [-0.39, 0.29) is 17.7 Å². The van der Waals surface area contributed by atoms with Gasteiger partial charge in [-0.3, -0.25) is 9.69 Å². The van der Waals surface area contributed by atoms with E-state index in [0.717, 1.165) is 60.4 Å². The Labute approximate surface area is 271 Å². The molecule has 0 atom stereocenters. The van der Waals surface area contributed by atoms with E-state index in [9.17, 15) is 9.18 Å². The van der Waals surface area contributed by atoms with Gasteiger partial charge in [-0.1, -0.05) is 67.0 Å². The van der Waals surface area contributed by atoms with Gasteiger partial charge in [-0.25, -0.2) is 9.37 Å². The molecule has 0 unspecified atom stereocenters. The van der Waals surface area contributed by atoms with Crippen molar-refractivity contribution in [3.63, 3.8) is 0 Å². The summed E-state index contributed by atoms with van der Waals surface area (Å²) in [5.74, 6) is 0.732. The van der Waals surface area contributed by atoms with Gasteiger partial charge in [-0.05, 0) is 54.1 Å². The standard InChI is InChI=1S/C33H34FN7O2S2/c1-2-30(42)36-26-9-6-10-27(21-26)37-31-29(34)22-35-32(39-31)38-25-11-13-28(14-12-25)43-19-20-45-33(44)41-17-15-40(16-18-41)23-24-7-4-3-5-8-24/h2-14,21-22H,1,15-20,23H2,(H,36,42)(H2,35,37,38,39). The Balaban J connectivity index is 1.04. The molecular formula is C33H34FN7O2S2. The maximum Gasteiger partial charge on any atom is 0.247 e. The summed E-state index contributed by atoms with van der Waals surface area (Å²) in [6.45, 7) is 8.81. The second kappa shape index (κ2) is 16.0. The first-order chi connectivity index (χ1) is 21.9. The first-order valence-electron chi connectivity index (χ1n) is 14.5. The second-order valence-corrected chi connectivity index (χ2v) is 11.9. The van der Waals surface area contributed by atoms with Gasteiger partial charge in [0.2, 0.25) is 11.9 Å². The van der Waals surface area contributed by atoms with Gasteiger partial charge in [0.25, 0.3) is 0 Å². The van der Waals surface area contributed by atoms with Gasteiger partial charge >= 0.3 is 0 Å². The van der Waals surface area contributed by atoms with Crippen molar-refractivity contribution in [1.82, 2.24) is 19.8 Å². The summed E-state index contributed by atoms with van der Waals surface area (Å²) in [5.41, 5.74) is 3.14. The Morgan fingerprint density at radius 3 is 2.49 bits per heavy atom. The fraction of sp³-hybridized carbons (Fsp3) is 0.212. The van der Waals surface area contributed by atoms with Crippen LogP contribution in [0.2, 0.25) is 0 Å². The van der Waals surface area contributed by atoms with E-state index in [0.29, 0.717) is 18.0 Å². The summed E-state index contributed by atoms with van der Waals surface area (Å²) in [6, 6.07) is 24.8. The van der Waals surface area contributed by atoms with Gasteiger partial charge in [0.15, 0.2) is 11.6 Å². The first kappa shape index (κ1) is 31.9. The van der Waals surface area contributed by atoms with Crippen LogP contribution in [0.5, 0.6) is 5.75 Å². The predicted molar refractivity (Wildman–Crippen MR) is 184 cm³/mol. The highest BCUT2D eigenvalue weighted by Gasteiger charge is 2.19. The van der Waals surface area contributed by atoms with E-state index in [1.165, 1.54) is 11.6 Å². The molecule has 1 fully saturated rings. The summed E-state index contributed by atoms with van der Waals surface area (Å²) in [4.78, 5) is 24.6. The van der Waals surface area contributed by atoms with Crippen molar-refractivity contribution >= 4 is 63.0 Å². The number of piperazine rings is 1. The number of nitrogens with zero attached hydrogens (tertiary/aromatic N) is 4. The minimum absolute atomic E-state index is 0.0101. The Hall–Kier alpha value is -4.52. The molecule has 4 aromatic rings. The third-order valence-electron chi connectivity index (χ3n) is 6.89. The van der Waals surface area contributed by atoms with Crippen LogP contribution < -0.4 is 20.7 Å². The van der Waals surface area contributed by atoms with Gasteiger partial charge in [0, 0.05) is 55.5 Å². The van der Waals surface area contributed by atoms with Crippen LogP contribution in [0, 0.1) is 5.82 Å². The van der Waals surface area contributed by atoms with Crippen molar-refractivity contribution < 1.29 is 13.9 Å². The number of benzene rings is 3. The van der Waals surface area contributed by atoms with Crippen LogP contribution in [-0.2, 0) is 11.3 Å². The van der Waals surface area contributed by atoms with Crippen molar-refractivity contribution in [2.24, 2.45) is 0 Å². The zero-order chi connectivity index (χ0) is 31.4. The molecule has 5 rings (SSSR count). The molecule has 0 radical (unpaired) electrons. The highest BCUT2D eigenvalue weighted by Crippen LogP contribution is 2.24. The zero-order valence-electron chi connectivity index (χ0n) is 24.6. The number of amides is 1. The Morgan fingerprint density at radius 1 is 0.978 bits per heavy atom. The van der Waals surface area contributed by atoms with Crippen LogP contribution in [0.1, 0.15) is 5.56 Å². The molecule has 1 aromatic heterocycles. The highest BCUT2D eigenvalue weighted by molar-refractivity contribution is 8.22. The molecule has 3 N–H and O–H groups in total. The summed E-state index contributed by atoms with van der Waals surface area (Å²) >= 11 is 7.32. The number of ether oxygens (including phenoxy) is 1. The van der Waals surface area contributed by atoms with Crippen LogP contribution in [0.4, 0.5) is 33.2 Å². The smallest absolute Gasteiger partial charge is 0.247 e. The SMILES string of the molecule is C=CC(=O)Nc1cccc(Nc2nc(Nc3ccc(OCCSC(=S)N4CCN(Cc5ccccc5)CC4)cc3)ncc2F)c1. The number of rotatable bonds is 12. The fourth-order valence-electron chi connectivity index (χ4n) is 4.59. The van der Waals surface area contributed by atoms with Crippen LogP contribution in [0.3, 0.4) is 0 Å². The number of aromatic nitrogens is 2. The van der Waals surface area contributed by atoms with Crippen LogP contribution in [-0.4, -0.2) is 68.5 Å². The van der Waals surface area contributed by atoms with E-state index in [1.807, 2.05) is 30.3 Å². The molecule has 3 aromatic carbocycles. The summed E-state index contributed by atoms with van der Waals surface area (Å²) in [7, 11) is 0. The van der Waals surface area contributed by atoms with Gasteiger partial charge in [0.05, 0.1) is 12.8 Å². The molecule has 0 saturated carbocycles. The first-order valence-corrected chi connectivity index (χ1v) is 15.9. The minimum atomic E-state index is -0.618. The van der Waals surface area contributed by atoms with E-state index >= 15 is 0 Å². The lowest BCUT2D eigenvalue weighted by Crippen LogP contribution is -2.47. The molecule has 9 nitrogen and oxygen atoms in total. The zero-order valence-corrected chi connectivity index (χ0v) is 26.2. The molecule has 0 spiro atoms. The number of thioether (sulfide) groups is 1. The van der Waals surface area contributed by atoms with Gasteiger partial charge in [0.1, 0.15) is 10.1 Å². The normalized spacial score (nSPS) is 13.1. The maximum absolute atomic E-state index is 14.5. The number of anilines is 5. The maximum atomic E-state index is 14.5. The van der Waals surface area contributed by atoms with Crippen molar-refractivity contribution in [3.05, 3.63) is 109 Å². The van der Waals surface area contributed by atoms with Crippen LogP contribution >= 0.6 is 24.0 Å². The Morgan fingerprint density at radius 2 is 1.73 bits per heavy atom. The van der Waals surface area contributed by atoms with Crippen molar-refractivity contribution in [2.45, 2.75) is 6.54 Å². The quantitative estimate of drug-likeness (QED) is 0.0910. The fourth-order valence-corrected chi connectivity index (χ4v) is 5.73. The Kier molecular flexibility index (Phi) is 11.3. The molecule has 1 amide bonds. The van der Waals surface area contributed by atoms with Crippen LogP contribution in [0.15, 0.2) is 97.7 Å². The average molecular weight is 644 g/mol. The largest absolute Gasteiger partial charge is 0.493 e. The third kappa shape index (κ3) is 9.73. The molecule has 45 heavy (non-hydrogen) atoms. The molecule has 0 bridgehead atoms. The average Bonchev–Trinajstić information content (AvgIpc) is 3.06. The highest BCUT2D eigenvalue weighted by atomic mass is 32.2.